The van der Waals surface area contributed by atoms with Crippen molar-refractivity contribution in [3.05, 3.63) is 24.3 Å². The van der Waals surface area contributed by atoms with E-state index in [-0.39, 0.29) is 24.9 Å². The maximum Gasteiger partial charge on any atom is 0.224 e. The lowest BCUT2D eigenvalue weighted by atomic mass is 10.0. The highest BCUT2D eigenvalue weighted by atomic mass is 35.5. The largest absolute Gasteiger partial charge is 0.491 e. The van der Waals surface area contributed by atoms with Crippen LogP contribution in [0, 0.1) is 5.92 Å². The smallest absolute Gasteiger partial charge is 0.224 e. The summed E-state index contributed by atoms with van der Waals surface area (Å²) in [5, 5.41) is 6.14. The number of alkyl halides is 1. The van der Waals surface area contributed by atoms with Crippen LogP contribution in [0.5, 0.6) is 5.75 Å². The zero-order valence-electron chi connectivity index (χ0n) is 11.9. The molecule has 1 amide bonds. The molecule has 1 fully saturated rings. The van der Waals surface area contributed by atoms with E-state index in [1.54, 1.807) is 24.3 Å². The highest BCUT2D eigenvalue weighted by Gasteiger charge is 2.15. The third-order valence-electron chi connectivity index (χ3n) is 3.41. The van der Waals surface area contributed by atoms with Crippen molar-refractivity contribution in [3.8, 4) is 5.75 Å². The maximum absolute atomic E-state index is 12.0. The van der Waals surface area contributed by atoms with Crippen LogP contribution in [0.25, 0.3) is 0 Å². The van der Waals surface area contributed by atoms with Gasteiger partial charge in [-0.2, -0.15) is 0 Å². The summed E-state index contributed by atoms with van der Waals surface area (Å²) in [4.78, 5) is 11.9. The number of hydrogen-bond donors (Lipinski definition) is 2. The van der Waals surface area contributed by atoms with E-state index in [0.717, 1.165) is 25.9 Å². The van der Waals surface area contributed by atoms with Gasteiger partial charge in [0.2, 0.25) is 5.91 Å². The molecule has 1 unspecified atom stereocenters. The zero-order valence-corrected chi connectivity index (χ0v) is 12.8. The van der Waals surface area contributed by atoms with Crippen molar-refractivity contribution < 1.29 is 13.9 Å². The molecule has 0 radical (unpaired) electrons. The van der Waals surface area contributed by atoms with E-state index < -0.39 is 6.67 Å². The Hall–Kier alpha value is -1.33. The fourth-order valence-corrected chi connectivity index (χ4v) is 2.34. The number of carbonyl (C=O) groups excluding carboxylic acids is 1. The number of amides is 1. The number of hydrogen-bond acceptors (Lipinski definition) is 3. The number of benzene rings is 1. The van der Waals surface area contributed by atoms with Crippen molar-refractivity contribution in [1.29, 1.82) is 0 Å². The molecule has 1 aliphatic heterocycles. The van der Waals surface area contributed by atoms with Gasteiger partial charge in [0, 0.05) is 18.2 Å². The Morgan fingerprint density at radius 2 is 2.33 bits per heavy atom. The second-order valence-electron chi connectivity index (χ2n) is 5.01. The maximum atomic E-state index is 12.0. The lowest BCUT2D eigenvalue weighted by molar-refractivity contribution is -0.116. The molecule has 0 bridgehead atoms. The van der Waals surface area contributed by atoms with E-state index in [0.29, 0.717) is 23.8 Å². The molecule has 4 nitrogen and oxygen atoms in total. The summed E-state index contributed by atoms with van der Waals surface area (Å²) >= 11 is 0. The van der Waals surface area contributed by atoms with Gasteiger partial charge < -0.3 is 15.4 Å². The number of anilines is 1. The minimum absolute atomic E-state index is 0. The molecule has 2 rings (SSSR count). The Morgan fingerprint density at radius 1 is 1.48 bits per heavy atom. The van der Waals surface area contributed by atoms with Gasteiger partial charge in [-0.3, -0.25) is 4.79 Å². The average Bonchev–Trinajstić information content (AvgIpc) is 2.97. The average molecular weight is 317 g/mol. The van der Waals surface area contributed by atoms with Gasteiger partial charge in [0.05, 0.1) is 0 Å². The summed E-state index contributed by atoms with van der Waals surface area (Å²) in [6, 6.07) is 7.04. The van der Waals surface area contributed by atoms with Gasteiger partial charge in [-0.25, -0.2) is 4.39 Å². The summed E-state index contributed by atoms with van der Waals surface area (Å²) in [6.45, 7) is 1.58. The molecule has 1 atom stereocenters. The van der Waals surface area contributed by atoms with E-state index in [9.17, 15) is 9.18 Å². The highest BCUT2D eigenvalue weighted by molar-refractivity contribution is 5.90. The van der Waals surface area contributed by atoms with E-state index in [2.05, 4.69) is 10.6 Å². The Bertz CT molecular complexity index is 439. The monoisotopic (exact) mass is 316 g/mol. The molecule has 6 heteroatoms. The van der Waals surface area contributed by atoms with E-state index in [1.807, 2.05) is 0 Å². The minimum atomic E-state index is -0.522. The first-order valence-corrected chi connectivity index (χ1v) is 7.07. The van der Waals surface area contributed by atoms with Crippen molar-refractivity contribution in [2.24, 2.45) is 5.92 Å². The Kier molecular flexibility index (Phi) is 8.08. The normalized spacial score (nSPS) is 17.1. The van der Waals surface area contributed by atoms with Crippen molar-refractivity contribution in [2.45, 2.75) is 19.3 Å². The second-order valence-corrected chi connectivity index (χ2v) is 5.01. The number of halogens is 2. The lowest BCUT2D eigenvalue weighted by Gasteiger charge is -2.10. The molecule has 1 saturated heterocycles. The third-order valence-corrected chi connectivity index (χ3v) is 3.41. The van der Waals surface area contributed by atoms with Crippen LogP contribution in [-0.4, -0.2) is 32.3 Å². The highest BCUT2D eigenvalue weighted by Crippen LogP contribution is 2.19. The van der Waals surface area contributed by atoms with Gasteiger partial charge in [-0.1, -0.05) is 6.07 Å². The molecule has 1 aromatic rings. The van der Waals surface area contributed by atoms with Crippen LogP contribution in [0.4, 0.5) is 10.1 Å². The van der Waals surface area contributed by atoms with Gasteiger partial charge in [0.1, 0.15) is 19.0 Å². The molecule has 0 spiro atoms. The Balaban J connectivity index is 0.00000220. The molecule has 21 heavy (non-hydrogen) atoms. The molecule has 1 aromatic carbocycles. The SMILES string of the molecule is Cl.O=C(CCC1CCNC1)Nc1cccc(OCCF)c1. The first-order chi connectivity index (χ1) is 9.78. The molecule has 118 valence electrons. The molecule has 0 aliphatic carbocycles. The fraction of sp³-hybridized carbons (Fsp3) is 0.533. The fourth-order valence-electron chi connectivity index (χ4n) is 2.34. The number of carbonyl (C=O) groups is 1. The van der Waals surface area contributed by atoms with Crippen LogP contribution in [0.2, 0.25) is 0 Å². The van der Waals surface area contributed by atoms with E-state index in [1.165, 1.54) is 0 Å². The molecule has 2 N–H and O–H groups in total. The first-order valence-electron chi connectivity index (χ1n) is 7.07. The molecule has 0 saturated carbocycles. The number of rotatable bonds is 7. The number of ether oxygens (including phenoxy) is 1. The van der Waals surface area contributed by atoms with Crippen molar-refractivity contribution in [2.75, 3.05) is 31.7 Å². The number of nitrogens with one attached hydrogen (secondary N) is 2. The quantitative estimate of drug-likeness (QED) is 0.813. The molecule has 0 aromatic heterocycles. The van der Waals surface area contributed by atoms with Crippen LogP contribution in [0.1, 0.15) is 19.3 Å². The van der Waals surface area contributed by atoms with Crippen LogP contribution < -0.4 is 15.4 Å². The topological polar surface area (TPSA) is 50.4 Å². The van der Waals surface area contributed by atoms with Crippen LogP contribution in [0.3, 0.4) is 0 Å². The lowest BCUT2D eigenvalue weighted by Crippen LogP contribution is -2.15. The Labute approximate surface area is 130 Å². The Morgan fingerprint density at radius 3 is 3.05 bits per heavy atom. The van der Waals surface area contributed by atoms with Crippen LogP contribution in [-0.2, 0) is 4.79 Å². The molecule has 1 aliphatic rings. The minimum Gasteiger partial charge on any atom is -0.491 e. The molecular weight excluding hydrogens is 295 g/mol. The first kappa shape index (κ1) is 17.7. The summed E-state index contributed by atoms with van der Waals surface area (Å²) < 4.78 is 17.2. The second kappa shape index (κ2) is 9.58. The summed E-state index contributed by atoms with van der Waals surface area (Å²) in [5.74, 6) is 1.19. The summed E-state index contributed by atoms with van der Waals surface area (Å²) in [6.07, 6.45) is 2.60. The van der Waals surface area contributed by atoms with Crippen LogP contribution in [0.15, 0.2) is 24.3 Å². The standard InChI is InChI=1S/C15H21FN2O2.ClH/c16-7-9-20-14-3-1-2-13(10-14)18-15(19)5-4-12-6-8-17-11-12;/h1-3,10,12,17H,4-9,11H2,(H,18,19);1H. The summed E-state index contributed by atoms with van der Waals surface area (Å²) in [5.41, 5.74) is 0.691. The third kappa shape index (κ3) is 6.31. The van der Waals surface area contributed by atoms with Gasteiger partial charge in [0.25, 0.3) is 0 Å². The molecular formula is C15H22ClFN2O2. The predicted octanol–water partition coefficient (Wildman–Crippen LogP) is 2.78. The van der Waals surface area contributed by atoms with Crippen LogP contribution >= 0.6 is 12.4 Å². The predicted molar refractivity (Wildman–Crippen MR) is 84.0 cm³/mol. The van der Waals surface area contributed by atoms with Crippen molar-refractivity contribution in [1.82, 2.24) is 5.32 Å². The van der Waals surface area contributed by atoms with Gasteiger partial charge >= 0.3 is 0 Å². The van der Waals surface area contributed by atoms with Crippen molar-refractivity contribution >= 4 is 24.0 Å². The van der Waals surface area contributed by atoms with Crippen molar-refractivity contribution in [3.63, 3.8) is 0 Å². The zero-order chi connectivity index (χ0) is 14.2. The summed E-state index contributed by atoms with van der Waals surface area (Å²) in [7, 11) is 0. The van der Waals surface area contributed by atoms with Gasteiger partial charge in [-0.15, -0.1) is 12.4 Å². The van der Waals surface area contributed by atoms with E-state index >= 15 is 0 Å². The van der Waals surface area contributed by atoms with E-state index in [4.69, 9.17) is 4.74 Å². The van der Waals surface area contributed by atoms with Gasteiger partial charge in [0.15, 0.2) is 0 Å². The molecule has 1 heterocycles. The van der Waals surface area contributed by atoms with Gasteiger partial charge in [-0.05, 0) is 44.0 Å².